The van der Waals surface area contributed by atoms with Crippen molar-refractivity contribution in [1.82, 2.24) is 25.3 Å². The molecule has 2 aromatic rings. The standard InChI is InChI=1S/C10H15N5/c1-15-10(4-7-13-15)3-5-11-8-9-2-6-12-14-9/h2,4,6-7,11H,3,5,8H2,1H3,(H,12,14). The second-order valence-electron chi connectivity index (χ2n) is 3.45. The second-order valence-corrected chi connectivity index (χ2v) is 3.45. The average Bonchev–Trinajstić information content (AvgIpc) is 2.85. The molecular formula is C10H15N5. The highest BCUT2D eigenvalue weighted by atomic mass is 15.3. The highest BCUT2D eigenvalue weighted by molar-refractivity contribution is 5.01. The van der Waals surface area contributed by atoms with Gasteiger partial charge in [0, 0.05) is 50.3 Å². The zero-order chi connectivity index (χ0) is 10.5. The van der Waals surface area contributed by atoms with Gasteiger partial charge in [-0.2, -0.15) is 10.2 Å². The van der Waals surface area contributed by atoms with Gasteiger partial charge in [-0.15, -0.1) is 0 Å². The van der Waals surface area contributed by atoms with Crippen LogP contribution in [0.5, 0.6) is 0 Å². The van der Waals surface area contributed by atoms with E-state index in [0.29, 0.717) is 0 Å². The number of aryl methyl sites for hydroxylation is 1. The fourth-order valence-electron chi connectivity index (χ4n) is 1.47. The summed E-state index contributed by atoms with van der Waals surface area (Å²) >= 11 is 0. The van der Waals surface area contributed by atoms with Crippen molar-refractivity contribution in [1.29, 1.82) is 0 Å². The van der Waals surface area contributed by atoms with E-state index in [-0.39, 0.29) is 0 Å². The number of H-pyrrole nitrogens is 1. The zero-order valence-corrected chi connectivity index (χ0v) is 8.77. The number of hydrogen-bond acceptors (Lipinski definition) is 3. The first-order valence-corrected chi connectivity index (χ1v) is 5.02. The lowest BCUT2D eigenvalue weighted by atomic mass is 10.3. The van der Waals surface area contributed by atoms with Crippen LogP contribution >= 0.6 is 0 Å². The molecule has 2 heterocycles. The number of nitrogens with zero attached hydrogens (tertiary/aromatic N) is 3. The van der Waals surface area contributed by atoms with Gasteiger partial charge < -0.3 is 5.32 Å². The molecule has 0 amide bonds. The summed E-state index contributed by atoms with van der Waals surface area (Å²) < 4.78 is 1.90. The second kappa shape index (κ2) is 4.75. The van der Waals surface area contributed by atoms with Crippen LogP contribution in [0.15, 0.2) is 24.5 Å². The van der Waals surface area contributed by atoms with E-state index in [4.69, 9.17) is 0 Å². The molecule has 0 aromatic carbocycles. The molecule has 0 aliphatic carbocycles. The van der Waals surface area contributed by atoms with Crippen LogP contribution in [0.1, 0.15) is 11.4 Å². The van der Waals surface area contributed by atoms with Crippen LogP contribution in [0.2, 0.25) is 0 Å². The Morgan fingerprint density at radius 3 is 3.00 bits per heavy atom. The monoisotopic (exact) mass is 205 g/mol. The summed E-state index contributed by atoms with van der Waals surface area (Å²) in [7, 11) is 1.96. The van der Waals surface area contributed by atoms with Gasteiger partial charge in [-0.1, -0.05) is 0 Å². The van der Waals surface area contributed by atoms with Crippen LogP contribution in [0.3, 0.4) is 0 Å². The summed E-state index contributed by atoms with van der Waals surface area (Å²) in [6, 6.07) is 4.01. The molecule has 0 spiro atoms. The quantitative estimate of drug-likeness (QED) is 0.698. The maximum Gasteiger partial charge on any atom is 0.0492 e. The molecule has 0 bridgehead atoms. The third-order valence-electron chi connectivity index (χ3n) is 2.35. The molecule has 0 saturated heterocycles. The molecule has 0 saturated carbocycles. The number of rotatable bonds is 5. The molecule has 80 valence electrons. The van der Waals surface area contributed by atoms with Crippen molar-refractivity contribution < 1.29 is 0 Å². The van der Waals surface area contributed by atoms with Gasteiger partial charge in [0.15, 0.2) is 0 Å². The molecule has 0 radical (unpaired) electrons. The molecule has 2 N–H and O–H groups in total. The van der Waals surface area contributed by atoms with Gasteiger partial charge in [-0.05, 0) is 12.1 Å². The average molecular weight is 205 g/mol. The van der Waals surface area contributed by atoms with Crippen molar-refractivity contribution in [3.8, 4) is 0 Å². The van der Waals surface area contributed by atoms with Crippen LogP contribution in [0, 0.1) is 0 Å². The van der Waals surface area contributed by atoms with E-state index in [1.54, 1.807) is 6.20 Å². The van der Waals surface area contributed by atoms with Crippen LogP contribution in [-0.4, -0.2) is 26.5 Å². The van der Waals surface area contributed by atoms with E-state index >= 15 is 0 Å². The highest BCUT2D eigenvalue weighted by Crippen LogP contribution is 1.96. The topological polar surface area (TPSA) is 58.5 Å². The van der Waals surface area contributed by atoms with Gasteiger partial charge in [-0.3, -0.25) is 9.78 Å². The van der Waals surface area contributed by atoms with Crippen molar-refractivity contribution >= 4 is 0 Å². The molecule has 0 aliphatic rings. The van der Waals surface area contributed by atoms with E-state index < -0.39 is 0 Å². The Kier molecular flexibility index (Phi) is 3.14. The zero-order valence-electron chi connectivity index (χ0n) is 8.77. The molecule has 2 aromatic heterocycles. The van der Waals surface area contributed by atoms with Gasteiger partial charge >= 0.3 is 0 Å². The molecule has 5 heteroatoms. The van der Waals surface area contributed by atoms with Crippen LogP contribution in [0.4, 0.5) is 0 Å². The summed E-state index contributed by atoms with van der Waals surface area (Å²) in [5, 5.41) is 14.3. The normalized spacial score (nSPS) is 10.7. The summed E-state index contributed by atoms with van der Waals surface area (Å²) in [6.45, 7) is 1.77. The van der Waals surface area contributed by atoms with Crippen molar-refractivity contribution in [2.75, 3.05) is 6.54 Å². The molecule has 0 aliphatic heterocycles. The SMILES string of the molecule is Cn1nccc1CCNCc1ccn[nH]1. The lowest BCUT2D eigenvalue weighted by Crippen LogP contribution is -2.18. The summed E-state index contributed by atoms with van der Waals surface area (Å²) in [4.78, 5) is 0. The van der Waals surface area contributed by atoms with E-state index in [0.717, 1.165) is 25.2 Å². The molecule has 0 unspecified atom stereocenters. The van der Waals surface area contributed by atoms with E-state index in [1.165, 1.54) is 5.69 Å². The number of aromatic amines is 1. The van der Waals surface area contributed by atoms with Gasteiger partial charge in [-0.25, -0.2) is 0 Å². The molecule has 0 atom stereocenters. The fraction of sp³-hybridized carbons (Fsp3) is 0.400. The Labute approximate surface area is 88.5 Å². The Morgan fingerprint density at radius 2 is 2.33 bits per heavy atom. The molecule has 0 fully saturated rings. The van der Waals surface area contributed by atoms with E-state index in [1.807, 2.05) is 30.1 Å². The van der Waals surface area contributed by atoms with E-state index in [2.05, 4.69) is 20.6 Å². The summed E-state index contributed by atoms with van der Waals surface area (Å²) in [5.41, 5.74) is 2.35. The summed E-state index contributed by atoms with van der Waals surface area (Å²) in [5.74, 6) is 0. The maximum absolute atomic E-state index is 4.12. The van der Waals surface area contributed by atoms with Crippen LogP contribution in [-0.2, 0) is 20.0 Å². The minimum absolute atomic E-state index is 0.831. The first kappa shape index (κ1) is 9.92. The van der Waals surface area contributed by atoms with Crippen LogP contribution < -0.4 is 5.32 Å². The molecular weight excluding hydrogens is 190 g/mol. The lowest BCUT2D eigenvalue weighted by molar-refractivity contribution is 0.636. The van der Waals surface area contributed by atoms with Gasteiger partial charge in [0.2, 0.25) is 0 Å². The Morgan fingerprint density at radius 1 is 1.40 bits per heavy atom. The fourth-order valence-corrected chi connectivity index (χ4v) is 1.47. The number of aromatic nitrogens is 4. The molecule has 2 rings (SSSR count). The Balaban J connectivity index is 1.70. The van der Waals surface area contributed by atoms with Gasteiger partial charge in [0.1, 0.15) is 0 Å². The predicted molar refractivity (Wildman–Crippen MR) is 57.2 cm³/mol. The van der Waals surface area contributed by atoms with Crippen LogP contribution in [0.25, 0.3) is 0 Å². The van der Waals surface area contributed by atoms with Crippen molar-refractivity contribution in [3.05, 3.63) is 35.9 Å². The predicted octanol–water partition coefficient (Wildman–Crippen LogP) is 0.475. The Hall–Kier alpha value is -1.62. The number of nitrogens with one attached hydrogen (secondary N) is 2. The molecule has 5 nitrogen and oxygen atoms in total. The van der Waals surface area contributed by atoms with Crippen molar-refractivity contribution in [2.45, 2.75) is 13.0 Å². The smallest absolute Gasteiger partial charge is 0.0492 e. The molecule has 15 heavy (non-hydrogen) atoms. The minimum Gasteiger partial charge on any atom is -0.311 e. The first-order chi connectivity index (χ1) is 7.36. The first-order valence-electron chi connectivity index (χ1n) is 5.02. The highest BCUT2D eigenvalue weighted by Gasteiger charge is 1.98. The number of hydrogen-bond donors (Lipinski definition) is 2. The summed E-state index contributed by atoms with van der Waals surface area (Å²) in [6.07, 6.45) is 4.58. The maximum atomic E-state index is 4.12. The minimum atomic E-state index is 0.831. The lowest BCUT2D eigenvalue weighted by Gasteiger charge is -2.03. The van der Waals surface area contributed by atoms with Crippen molar-refractivity contribution in [3.63, 3.8) is 0 Å². The largest absolute Gasteiger partial charge is 0.311 e. The van der Waals surface area contributed by atoms with E-state index in [9.17, 15) is 0 Å². The van der Waals surface area contributed by atoms with Crippen molar-refractivity contribution in [2.24, 2.45) is 7.05 Å². The van der Waals surface area contributed by atoms with Gasteiger partial charge in [0.05, 0.1) is 0 Å². The Bertz CT molecular complexity index is 390. The third-order valence-corrected chi connectivity index (χ3v) is 2.35. The van der Waals surface area contributed by atoms with Gasteiger partial charge in [0.25, 0.3) is 0 Å². The third kappa shape index (κ3) is 2.66.